The summed E-state index contributed by atoms with van der Waals surface area (Å²) in [4.78, 5) is 2.52. The molecule has 0 saturated carbocycles. The lowest BCUT2D eigenvalue weighted by molar-refractivity contribution is 0.613. The van der Waals surface area contributed by atoms with Crippen LogP contribution in [0.25, 0.3) is 0 Å². The van der Waals surface area contributed by atoms with Gasteiger partial charge in [-0.15, -0.1) is 22.7 Å². The Balaban J connectivity index is 2.33. The van der Waals surface area contributed by atoms with Crippen molar-refractivity contribution in [2.75, 3.05) is 6.54 Å². The molecule has 0 aliphatic carbocycles. The van der Waals surface area contributed by atoms with Crippen LogP contribution in [-0.4, -0.2) is 6.54 Å². The fourth-order valence-electron chi connectivity index (χ4n) is 1.74. The lowest BCUT2D eigenvalue weighted by atomic mass is 10.1. The van der Waals surface area contributed by atoms with E-state index in [0.717, 1.165) is 27.3 Å². The Hall–Kier alpha value is 0.130. The lowest BCUT2D eigenvalue weighted by Gasteiger charge is -2.16. The van der Waals surface area contributed by atoms with Gasteiger partial charge in [-0.05, 0) is 58.9 Å². The predicted octanol–water partition coefficient (Wildman–Crippen LogP) is 5.62. The van der Waals surface area contributed by atoms with Crippen molar-refractivity contribution >= 4 is 50.2 Å². The third-order valence-electron chi connectivity index (χ3n) is 2.66. The first-order valence-corrected chi connectivity index (χ1v) is 8.72. The highest BCUT2D eigenvalue weighted by Crippen LogP contribution is 2.38. The van der Waals surface area contributed by atoms with E-state index in [-0.39, 0.29) is 6.04 Å². The van der Waals surface area contributed by atoms with E-state index in [1.54, 1.807) is 22.7 Å². The van der Waals surface area contributed by atoms with Crippen molar-refractivity contribution in [1.29, 1.82) is 0 Å². The van der Waals surface area contributed by atoms with Crippen molar-refractivity contribution in [1.82, 2.24) is 5.32 Å². The maximum absolute atomic E-state index is 6.40. The maximum atomic E-state index is 6.40. The topological polar surface area (TPSA) is 12.0 Å². The number of rotatable bonds is 5. The number of aryl methyl sites for hydroxylation is 1. The molecule has 5 heteroatoms. The van der Waals surface area contributed by atoms with E-state index in [9.17, 15) is 0 Å². The number of thiophene rings is 2. The van der Waals surface area contributed by atoms with Gasteiger partial charge in [0.15, 0.2) is 0 Å². The predicted molar refractivity (Wildman–Crippen MR) is 86.2 cm³/mol. The van der Waals surface area contributed by atoms with Crippen LogP contribution in [0.15, 0.2) is 21.3 Å². The highest BCUT2D eigenvalue weighted by atomic mass is 79.9. The zero-order valence-electron chi connectivity index (χ0n) is 10.3. The van der Waals surface area contributed by atoms with Gasteiger partial charge in [-0.2, -0.15) is 0 Å². The molecule has 0 aliphatic rings. The van der Waals surface area contributed by atoms with E-state index >= 15 is 0 Å². The van der Waals surface area contributed by atoms with Gasteiger partial charge in [0.05, 0.1) is 14.9 Å². The summed E-state index contributed by atoms with van der Waals surface area (Å²) in [6.07, 6.45) is 1.12. The summed E-state index contributed by atoms with van der Waals surface area (Å²) in [5.74, 6) is 0. The number of nitrogens with one attached hydrogen (secondary N) is 1. The van der Waals surface area contributed by atoms with Crippen molar-refractivity contribution in [3.63, 3.8) is 0 Å². The van der Waals surface area contributed by atoms with E-state index in [1.165, 1.54) is 9.75 Å². The SMILES string of the molecule is CCCNC(c1ccc(Br)s1)c1scc(C)c1Cl. The van der Waals surface area contributed by atoms with Gasteiger partial charge in [0.2, 0.25) is 0 Å². The second-order valence-corrected chi connectivity index (χ2v) is 7.91. The third kappa shape index (κ3) is 3.17. The quantitative estimate of drug-likeness (QED) is 0.725. The number of hydrogen-bond acceptors (Lipinski definition) is 3. The Kier molecular flexibility index (Phi) is 5.27. The molecule has 0 aliphatic heterocycles. The van der Waals surface area contributed by atoms with Gasteiger partial charge in [0.1, 0.15) is 0 Å². The Morgan fingerprint density at radius 3 is 2.72 bits per heavy atom. The monoisotopic (exact) mass is 363 g/mol. The van der Waals surface area contributed by atoms with E-state index in [4.69, 9.17) is 11.6 Å². The smallest absolute Gasteiger partial charge is 0.0780 e. The molecule has 0 spiro atoms. The summed E-state index contributed by atoms with van der Waals surface area (Å²) in [7, 11) is 0. The zero-order chi connectivity index (χ0) is 13.1. The summed E-state index contributed by atoms with van der Waals surface area (Å²) in [6, 6.07) is 4.47. The lowest BCUT2D eigenvalue weighted by Crippen LogP contribution is -2.21. The van der Waals surface area contributed by atoms with Crippen LogP contribution in [0.3, 0.4) is 0 Å². The number of hydrogen-bond donors (Lipinski definition) is 1. The molecule has 0 amide bonds. The average Bonchev–Trinajstić information content (AvgIpc) is 2.90. The van der Waals surface area contributed by atoms with E-state index in [2.05, 4.69) is 52.6 Å². The van der Waals surface area contributed by atoms with E-state index in [0.29, 0.717) is 0 Å². The normalized spacial score (nSPS) is 12.9. The minimum absolute atomic E-state index is 0.215. The van der Waals surface area contributed by atoms with E-state index < -0.39 is 0 Å². The Morgan fingerprint density at radius 1 is 1.44 bits per heavy atom. The summed E-state index contributed by atoms with van der Waals surface area (Å²) in [5.41, 5.74) is 1.16. The Morgan fingerprint density at radius 2 is 2.22 bits per heavy atom. The van der Waals surface area contributed by atoms with Gasteiger partial charge in [0.25, 0.3) is 0 Å². The molecule has 0 radical (unpaired) electrons. The van der Waals surface area contributed by atoms with E-state index in [1.807, 2.05) is 0 Å². The minimum atomic E-state index is 0.215. The molecule has 0 bridgehead atoms. The Bertz CT molecular complexity index is 521. The third-order valence-corrected chi connectivity index (χ3v) is 6.13. The zero-order valence-corrected chi connectivity index (χ0v) is 14.3. The van der Waals surface area contributed by atoms with Crippen LogP contribution >= 0.6 is 50.2 Å². The molecule has 2 heterocycles. The highest BCUT2D eigenvalue weighted by Gasteiger charge is 2.20. The summed E-state index contributed by atoms with van der Waals surface area (Å²) in [6.45, 7) is 5.23. The van der Waals surface area contributed by atoms with Gasteiger partial charge >= 0.3 is 0 Å². The van der Waals surface area contributed by atoms with Crippen molar-refractivity contribution in [3.8, 4) is 0 Å². The van der Waals surface area contributed by atoms with Gasteiger partial charge < -0.3 is 5.32 Å². The van der Waals surface area contributed by atoms with Crippen LogP contribution in [0.2, 0.25) is 5.02 Å². The molecule has 0 saturated heterocycles. The van der Waals surface area contributed by atoms with Crippen LogP contribution in [0.1, 0.15) is 34.7 Å². The van der Waals surface area contributed by atoms with Crippen LogP contribution in [0.5, 0.6) is 0 Å². The molecule has 1 atom stereocenters. The molecule has 0 fully saturated rings. The summed E-state index contributed by atoms with van der Waals surface area (Å²) >= 11 is 13.4. The molecular formula is C13H15BrClNS2. The maximum Gasteiger partial charge on any atom is 0.0780 e. The molecule has 1 unspecified atom stereocenters. The van der Waals surface area contributed by atoms with Crippen molar-refractivity contribution in [2.24, 2.45) is 0 Å². The first kappa shape index (κ1) is 14.5. The average molecular weight is 365 g/mol. The molecular weight excluding hydrogens is 350 g/mol. The molecule has 18 heavy (non-hydrogen) atoms. The fourth-order valence-corrected chi connectivity index (χ4v) is 4.72. The molecule has 98 valence electrons. The second kappa shape index (κ2) is 6.53. The largest absolute Gasteiger partial charge is 0.305 e. The standard InChI is InChI=1S/C13H15BrClNS2/c1-3-6-16-12(9-4-5-10(14)18-9)13-11(15)8(2)7-17-13/h4-5,7,12,16H,3,6H2,1-2H3. The van der Waals surface area contributed by atoms with Gasteiger partial charge in [0, 0.05) is 9.75 Å². The minimum Gasteiger partial charge on any atom is -0.305 e. The van der Waals surface area contributed by atoms with Crippen LogP contribution in [-0.2, 0) is 0 Å². The molecule has 1 N–H and O–H groups in total. The van der Waals surface area contributed by atoms with Gasteiger partial charge in [-0.25, -0.2) is 0 Å². The first-order chi connectivity index (χ1) is 8.63. The van der Waals surface area contributed by atoms with Gasteiger partial charge in [-0.3, -0.25) is 0 Å². The van der Waals surface area contributed by atoms with Gasteiger partial charge in [-0.1, -0.05) is 18.5 Å². The fraction of sp³-hybridized carbons (Fsp3) is 0.385. The van der Waals surface area contributed by atoms with Crippen LogP contribution < -0.4 is 5.32 Å². The Labute approximate surface area is 129 Å². The van der Waals surface area contributed by atoms with Crippen molar-refractivity contribution < 1.29 is 0 Å². The molecule has 2 rings (SSSR count). The highest BCUT2D eigenvalue weighted by molar-refractivity contribution is 9.11. The molecule has 0 aromatic carbocycles. The molecule has 2 aromatic heterocycles. The van der Waals surface area contributed by atoms with Crippen molar-refractivity contribution in [3.05, 3.63) is 41.6 Å². The summed E-state index contributed by atoms with van der Waals surface area (Å²) in [5, 5.41) is 6.61. The van der Waals surface area contributed by atoms with Crippen LogP contribution in [0, 0.1) is 6.92 Å². The van der Waals surface area contributed by atoms with Crippen molar-refractivity contribution in [2.45, 2.75) is 26.3 Å². The number of halogens is 2. The first-order valence-electron chi connectivity index (χ1n) is 5.85. The molecule has 2 aromatic rings. The molecule has 1 nitrogen and oxygen atoms in total. The van der Waals surface area contributed by atoms with Crippen LogP contribution in [0.4, 0.5) is 0 Å². The summed E-state index contributed by atoms with van der Waals surface area (Å²) < 4.78 is 1.16. The second-order valence-electron chi connectivity index (χ2n) is 4.13.